The van der Waals surface area contributed by atoms with Crippen molar-refractivity contribution < 1.29 is 18.0 Å². The average molecular weight is 445 g/mol. The van der Waals surface area contributed by atoms with E-state index in [0.717, 1.165) is 17.2 Å². The van der Waals surface area contributed by atoms with Crippen LogP contribution in [0, 0.1) is 11.3 Å². The fourth-order valence-electron chi connectivity index (χ4n) is 3.19. The summed E-state index contributed by atoms with van der Waals surface area (Å²) in [7, 11) is 0. The summed E-state index contributed by atoms with van der Waals surface area (Å²) >= 11 is 1.27. The highest BCUT2D eigenvalue weighted by atomic mass is 32.2. The van der Waals surface area contributed by atoms with Gasteiger partial charge in [0.1, 0.15) is 5.04 Å². The number of amidine groups is 2. The van der Waals surface area contributed by atoms with E-state index < -0.39 is 17.6 Å². The van der Waals surface area contributed by atoms with Gasteiger partial charge in [-0.25, -0.2) is 0 Å². The molecule has 160 valence electrons. The Kier molecular flexibility index (Phi) is 5.34. The first kappa shape index (κ1) is 21.1. The molecule has 0 saturated heterocycles. The Labute approximate surface area is 180 Å². The van der Waals surface area contributed by atoms with E-state index in [0.29, 0.717) is 28.9 Å². The number of thioether (sulfide) groups is 1. The summed E-state index contributed by atoms with van der Waals surface area (Å²) in [5.41, 5.74) is -0.0103. The predicted molar refractivity (Wildman–Crippen MR) is 115 cm³/mol. The van der Waals surface area contributed by atoms with Crippen LogP contribution in [0.5, 0.6) is 0 Å². The zero-order chi connectivity index (χ0) is 22.3. The summed E-state index contributed by atoms with van der Waals surface area (Å²) < 4.78 is 40.8. The molecule has 0 saturated carbocycles. The molecular weight excluding hydrogens is 427 g/mol. The third kappa shape index (κ3) is 4.20. The smallest absolute Gasteiger partial charge is 0.317 e. The van der Waals surface area contributed by atoms with Gasteiger partial charge in [-0.1, -0.05) is 19.9 Å². The summed E-state index contributed by atoms with van der Waals surface area (Å²) in [6.07, 6.45) is -0.712. The maximum atomic E-state index is 13.1. The van der Waals surface area contributed by atoms with E-state index in [1.54, 1.807) is 24.4 Å². The second kappa shape index (κ2) is 7.84. The molecule has 0 spiro atoms. The number of amides is 1. The molecule has 1 aromatic carbocycles. The number of aliphatic imine (C=N–C) groups is 1. The van der Waals surface area contributed by atoms with Crippen molar-refractivity contribution in [2.45, 2.75) is 26.4 Å². The number of carbonyl (C=O) groups excluding carboxylic acids is 1. The third-order valence-electron chi connectivity index (χ3n) is 4.60. The second-order valence-corrected chi connectivity index (χ2v) is 8.50. The Morgan fingerprint density at radius 3 is 2.71 bits per heavy atom. The fraction of sp³-hybridized carbons (Fsp3) is 0.238. The minimum absolute atomic E-state index is 0.0193. The van der Waals surface area contributed by atoms with Gasteiger partial charge in [0.2, 0.25) is 5.17 Å². The molecule has 1 aromatic heterocycles. The number of rotatable bonds is 4. The quantitative estimate of drug-likeness (QED) is 0.661. The van der Waals surface area contributed by atoms with Crippen molar-refractivity contribution in [1.82, 2.24) is 9.58 Å². The molecule has 1 amide bonds. The maximum absolute atomic E-state index is 13.1. The normalized spacial score (nSPS) is 18.0. The van der Waals surface area contributed by atoms with E-state index in [2.05, 4.69) is 10.1 Å². The molecule has 2 aromatic rings. The number of fused-ring (bicyclic) bond motifs is 1. The zero-order valence-electron chi connectivity index (χ0n) is 16.6. The first-order valence-electron chi connectivity index (χ1n) is 9.47. The number of hydrazone groups is 1. The predicted octanol–water partition coefficient (Wildman–Crippen LogP) is 5.16. The lowest BCUT2D eigenvalue weighted by atomic mass is 10.1. The minimum Gasteiger partial charge on any atom is -0.317 e. The lowest BCUT2D eigenvalue weighted by Gasteiger charge is -2.20. The van der Waals surface area contributed by atoms with Crippen LogP contribution in [0.1, 0.15) is 31.5 Å². The molecule has 2 aliphatic heterocycles. The van der Waals surface area contributed by atoms with E-state index in [-0.39, 0.29) is 11.4 Å². The molecule has 3 heterocycles. The topological polar surface area (TPSA) is 73.8 Å². The van der Waals surface area contributed by atoms with Crippen molar-refractivity contribution in [1.29, 1.82) is 5.41 Å². The van der Waals surface area contributed by atoms with E-state index >= 15 is 0 Å². The number of hydrogen-bond donors (Lipinski definition) is 1. The Morgan fingerprint density at radius 1 is 1.23 bits per heavy atom. The van der Waals surface area contributed by atoms with Crippen molar-refractivity contribution in [3.8, 4) is 5.69 Å². The van der Waals surface area contributed by atoms with Gasteiger partial charge in [-0.2, -0.15) is 28.3 Å². The van der Waals surface area contributed by atoms with E-state index in [1.807, 2.05) is 13.8 Å². The number of carbonyl (C=O) groups is 1. The average Bonchev–Trinajstić information content (AvgIpc) is 3.31. The van der Waals surface area contributed by atoms with Crippen LogP contribution in [0.15, 0.2) is 58.3 Å². The monoisotopic (exact) mass is 445 g/mol. The van der Waals surface area contributed by atoms with Crippen LogP contribution < -0.4 is 0 Å². The molecule has 4 rings (SSSR count). The number of halogens is 3. The van der Waals surface area contributed by atoms with Crippen LogP contribution >= 0.6 is 11.8 Å². The molecule has 31 heavy (non-hydrogen) atoms. The summed E-state index contributed by atoms with van der Waals surface area (Å²) in [5.74, 6) is -0.330. The molecule has 0 unspecified atom stereocenters. The van der Waals surface area contributed by atoms with E-state index in [4.69, 9.17) is 5.41 Å². The van der Waals surface area contributed by atoms with Crippen LogP contribution in [-0.4, -0.2) is 31.5 Å². The van der Waals surface area contributed by atoms with Gasteiger partial charge in [0.15, 0.2) is 5.84 Å². The number of hydrogen-bond acceptors (Lipinski definition) is 4. The van der Waals surface area contributed by atoms with Crippen LogP contribution in [0.2, 0.25) is 0 Å². The minimum atomic E-state index is -4.46. The van der Waals surface area contributed by atoms with Crippen molar-refractivity contribution in [2.24, 2.45) is 16.0 Å². The van der Waals surface area contributed by atoms with Gasteiger partial charge in [-0.3, -0.25) is 10.2 Å². The number of alkyl halides is 3. The van der Waals surface area contributed by atoms with E-state index in [1.165, 1.54) is 33.5 Å². The molecule has 0 atom stereocenters. The first-order chi connectivity index (χ1) is 14.6. The highest BCUT2D eigenvalue weighted by Crippen LogP contribution is 2.32. The van der Waals surface area contributed by atoms with Crippen LogP contribution in [0.3, 0.4) is 0 Å². The van der Waals surface area contributed by atoms with Gasteiger partial charge < -0.3 is 4.57 Å². The lowest BCUT2D eigenvalue weighted by molar-refractivity contribution is -0.137. The van der Waals surface area contributed by atoms with E-state index in [9.17, 15) is 18.0 Å². The van der Waals surface area contributed by atoms with Gasteiger partial charge in [-0.05, 0) is 54.1 Å². The molecule has 10 heteroatoms. The van der Waals surface area contributed by atoms with Gasteiger partial charge in [-0.15, -0.1) is 0 Å². The van der Waals surface area contributed by atoms with Crippen molar-refractivity contribution >= 4 is 39.8 Å². The highest BCUT2D eigenvalue weighted by Gasteiger charge is 2.36. The summed E-state index contributed by atoms with van der Waals surface area (Å²) in [6.45, 7) is 4.10. The Balaban J connectivity index is 1.69. The standard InChI is InChI=1S/C21H18F3N5OS/c1-12(2)9-17-27-29-18(25)16(19(30)26-20(29)31-17)11-15-7-4-8-28(15)14-6-3-5-13(10-14)21(22,23)24/h3-8,10-12,25H,9H2,1-2H3/b16-11+,25-18?. The van der Waals surface area contributed by atoms with Gasteiger partial charge in [0.05, 0.1) is 11.1 Å². The van der Waals surface area contributed by atoms with Crippen LogP contribution in [0.25, 0.3) is 11.8 Å². The van der Waals surface area contributed by atoms with Crippen LogP contribution in [-0.2, 0) is 11.0 Å². The van der Waals surface area contributed by atoms with Crippen LogP contribution in [0.4, 0.5) is 13.2 Å². The largest absolute Gasteiger partial charge is 0.416 e. The molecule has 1 N–H and O–H groups in total. The van der Waals surface area contributed by atoms with Gasteiger partial charge in [0.25, 0.3) is 5.91 Å². The second-order valence-electron chi connectivity index (χ2n) is 7.46. The molecule has 0 aliphatic carbocycles. The Morgan fingerprint density at radius 2 is 2.00 bits per heavy atom. The van der Waals surface area contributed by atoms with Crippen molar-refractivity contribution in [2.75, 3.05) is 0 Å². The van der Waals surface area contributed by atoms with Gasteiger partial charge >= 0.3 is 6.18 Å². The number of nitrogens with zero attached hydrogens (tertiary/aromatic N) is 4. The molecular formula is C21H18F3N5OS. The SMILES string of the molecule is CC(C)CC1=NN2C(=N)/C(=C\c3cccn3-c3cccc(C(F)(F)F)c3)C(=O)N=C2S1. The van der Waals surface area contributed by atoms with Crippen molar-refractivity contribution in [3.63, 3.8) is 0 Å². The highest BCUT2D eigenvalue weighted by molar-refractivity contribution is 8.26. The molecule has 6 nitrogen and oxygen atoms in total. The lowest BCUT2D eigenvalue weighted by Crippen LogP contribution is -2.35. The number of aromatic nitrogens is 1. The Bertz CT molecular complexity index is 1160. The number of nitrogens with one attached hydrogen (secondary N) is 1. The fourth-order valence-corrected chi connectivity index (χ4v) is 4.29. The first-order valence-corrected chi connectivity index (χ1v) is 10.3. The van der Waals surface area contributed by atoms with Gasteiger partial charge in [0, 0.05) is 24.0 Å². The summed E-state index contributed by atoms with van der Waals surface area (Å²) in [6, 6.07) is 8.21. The summed E-state index contributed by atoms with van der Waals surface area (Å²) in [5, 5.41) is 15.3. The molecule has 2 aliphatic rings. The van der Waals surface area contributed by atoms with Crippen molar-refractivity contribution in [3.05, 3.63) is 59.4 Å². The molecule has 0 bridgehead atoms. The molecule has 0 radical (unpaired) electrons. The summed E-state index contributed by atoms with van der Waals surface area (Å²) in [4.78, 5) is 16.6. The molecule has 0 fully saturated rings. The zero-order valence-corrected chi connectivity index (χ0v) is 17.5. The Hall–Kier alpha value is -3.14. The maximum Gasteiger partial charge on any atom is 0.416 e. The number of benzene rings is 1. The third-order valence-corrected chi connectivity index (χ3v) is 5.53.